The van der Waals surface area contributed by atoms with Gasteiger partial charge in [0.05, 0.1) is 5.57 Å². The van der Waals surface area contributed by atoms with Crippen LogP contribution >= 0.6 is 0 Å². The normalized spacial score (nSPS) is 24.4. The van der Waals surface area contributed by atoms with E-state index in [4.69, 9.17) is 9.47 Å². The van der Waals surface area contributed by atoms with Crippen molar-refractivity contribution >= 4 is 29.7 Å². The summed E-state index contributed by atoms with van der Waals surface area (Å²) in [6.07, 6.45) is 6.00. The number of rotatable bonds is 10. The average Bonchev–Trinajstić information content (AvgIpc) is 3.52. The second kappa shape index (κ2) is 12.2. The highest BCUT2D eigenvalue weighted by atomic mass is 16.6. The lowest BCUT2D eigenvalue weighted by atomic mass is 9.97. The largest absolute Gasteiger partial charge is 0.388 e. The van der Waals surface area contributed by atoms with Crippen LogP contribution in [0.1, 0.15) is 52.9 Å². The van der Waals surface area contributed by atoms with E-state index < -0.39 is 48.0 Å². The van der Waals surface area contributed by atoms with E-state index in [0.717, 1.165) is 6.42 Å². The molecule has 3 amide bonds. The summed E-state index contributed by atoms with van der Waals surface area (Å²) in [4.78, 5) is 66.7. The molecule has 11 nitrogen and oxygen atoms in total. The minimum atomic E-state index is -0.950. The maximum atomic E-state index is 13.5. The molecule has 0 saturated carbocycles. The predicted molar refractivity (Wildman–Crippen MR) is 129 cm³/mol. The number of ether oxygens (including phenoxy) is 2. The van der Waals surface area contributed by atoms with Gasteiger partial charge in [0.2, 0.25) is 5.91 Å². The van der Waals surface area contributed by atoms with Crippen molar-refractivity contribution in [2.75, 3.05) is 20.1 Å². The van der Waals surface area contributed by atoms with E-state index in [-0.39, 0.29) is 11.8 Å². The van der Waals surface area contributed by atoms with Crippen LogP contribution < -0.4 is 10.6 Å². The summed E-state index contributed by atoms with van der Waals surface area (Å²) in [5.41, 5.74) is 0.343. The number of carbonyl (C=O) groups excluding carboxylic acids is 5. The van der Waals surface area contributed by atoms with Crippen molar-refractivity contribution in [2.24, 2.45) is 5.92 Å². The summed E-state index contributed by atoms with van der Waals surface area (Å²) in [7, 11) is 1.76. The van der Waals surface area contributed by atoms with E-state index in [0.29, 0.717) is 44.3 Å². The number of esters is 2. The van der Waals surface area contributed by atoms with Crippen LogP contribution in [0.2, 0.25) is 0 Å². The lowest BCUT2D eigenvalue weighted by Crippen LogP contribution is -2.55. The van der Waals surface area contributed by atoms with Crippen molar-refractivity contribution in [1.82, 2.24) is 20.4 Å². The first-order valence-electron chi connectivity index (χ1n) is 12.6. The Morgan fingerprint density at radius 1 is 1.17 bits per heavy atom. The molecule has 0 aromatic carbocycles. The van der Waals surface area contributed by atoms with Gasteiger partial charge in [-0.2, -0.15) is 0 Å². The van der Waals surface area contributed by atoms with Gasteiger partial charge < -0.3 is 29.9 Å². The second-order valence-corrected chi connectivity index (χ2v) is 9.45. The van der Waals surface area contributed by atoms with E-state index in [1.54, 1.807) is 30.4 Å². The molecule has 3 aliphatic heterocycles. The Bertz CT molecular complexity index is 947. The summed E-state index contributed by atoms with van der Waals surface area (Å²) in [5, 5.41) is 5.41. The van der Waals surface area contributed by atoms with Gasteiger partial charge >= 0.3 is 11.9 Å². The molecule has 11 heteroatoms. The molecule has 3 aliphatic rings. The Balaban J connectivity index is 1.63. The van der Waals surface area contributed by atoms with Crippen molar-refractivity contribution in [1.29, 1.82) is 0 Å². The average molecular weight is 505 g/mol. The maximum Gasteiger partial charge on any atom is 0.343 e. The van der Waals surface area contributed by atoms with Crippen molar-refractivity contribution in [3.05, 3.63) is 24.0 Å². The number of nitrogens with one attached hydrogen (secondary N) is 2. The van der Waals surface area contributed by atoms with Crippen LogP contribution in [0.3, 0.4) is 0 Å². The highest BCUT2D eigenvalue weighted by Crippen LogP contribution is 2.26. The Labute approximate surface area is 211 Å². The minimum Gasteiger partial charge on any atom is -0.388 e. The first kappa shape index (κ1) is 27.4. The zero-order chi connectivity index (χ0) is 26.4. The van der Waals surface area contributed by atoms with E-state index >= 15 is 0 Å². The van der Waals surface area contributed by atoms with Crippen LogP contribution in [0.15, 0.2) is 24.0 Å². The zero-order valence-electron chi connectivity index (χ0n) is 21.3. The van der Waals surface area contributed by atoms with Crippen molar-refractivity contribution in [3.63, 3.8) is 0 Å². The highest BCUT2D eigenvalue weighted by molar-refractivity contribution is 6.00. The number of amides is 3. The summed E-state index contributed by atoms with van der Waals surface area (Å²) in [5.74, 6) is -3.07. The minimum absolute atomic E-state index is 0.235. The third-order valence-corrected chi connectivity index (χ3v) is 6.64. The van der Waals surface area contributed by atoms with Gasteiger partial charge in [-0.3, -0.25) is 14.4 Å². The molecule has 0 aromatic heterocycles. The molecule has 0 spiro atoms. The Morgan fingerprint density at radius 3 is 2.56 bits per heavy atom. The van der Waals surface area contributed by atoms with Gasteiger partial charge in [-0.05, 0) is 31.4 Å². The number of allylic oxidation sites excluding steroid dienone is 1. The molecule has 198 valence electrons. The molecule has 0 bridgehead atoms. The molecular weight excluding hydrogens is 468 g/mol. The Hall–Kier alpha value is -3.21. The van der Waals surface area contributed by atoms with E-state index in [2.05, 4.69) is 10.6 Å². The number of carbonyl (C=O) groups is 5. The fraction of sp³-hybridized carbons (Fsp3) is 0.640. The third kappa shape index (κ3) is 6.51. The van der Waals surface area contributed by atoms with Gasteiger partial charge in [0.15, 0.2) is 12.2 Å². The summed E-state index contributed by atoms with van der Waals surface area (Å²) in [6, 6.07) is -1.82. The van der Waals surface area contributed by atoms with E-state index in [1.165, 1.54) is 4.90 Å². The molecule has 3 rings (SSSR count). The Kier molecular flexibility index (Phi) is 9.25. The highest BCUT2D eigenvalue weighted by Gasteiger charge is 2.51. The van der Waals surface area contributed by atoms with E-state index in [1.807, 2.05) is 20.8 Å². The summed E-state index contributed by atoms with van der Waals surface area (Å²) >= 11 is 0. The molecule has 0 aliphatic carbocycles. The third-order valence-electron chi connectivity index (χ3n) is 6.64. The fourth-order valence-corrected chi connectivity index (χ4v) is 4.28. The molecule has 1 unspecified atom stereocenters. The van der Waals surface area contributed by atoms with Crippen molar-refractivity contribution < 1.29 is 33.4 Å². The molecular formula is C25H36N4O7. The number of epoxide rings is 1. The van der Waals surface area contributed by atoms with Crippen LogP contribution in [0.4, 0.5) is 0 Å². The van der Waals surface area contributed by atoms with Crippen molar-refractivity contribution in [2.45, 2.75) is 77.2 Å². The van der Waals surface area contributed by atoms with Gasteiger partial charge in [-0.15, -0.1) is 0 Å². The number of hydrogen-bond acceptors (Lipinski definition) is 8. The van der Waals surface area contributed by atoms with Crippen LogP contribution in [0, 0.1) is 5.92 Å². The van der Waals surface area contributed by atoms with Gasteiger partial charge in [0.25, 0.3) is 11.8 Å². The Morgan fingerprint density at radius 2 is 1.89 bits per heavy atom. The molecule has 36 heavy (non-hydrogen) atoms. The van der Waals surface area contributed by atoms with Crippen LogP contribution in [-0.4, -0.2) is 83.9 Å². The van der Waals surface area contributed by atoms with Crippen LogP contribution in [-0.2, 0) is 33.4 Å². The fourth-order valence-electron chi connectivity index (χ4n) is 4.28. The van der Waals surface area contributed by atoms with Gasteiger partial charge in [-0.25, -0.2) is 9.59 Å². The van der Waals surface area contributed by atoms with Crippen LogP contribution in [0.5, 0.6) is 0 Å². The topological polar surface area (TPSA) is 138 Å². The summed E-state index contributed by atoms with van der Waals surface area (Å²) < 4.78 is 10.4. The van der Waals surface area contributed by atoms with Gasteiger partial charge in [-0.1, -0.05) is 33.3 Å². The SMILES string of the molecule is CCCNC(=O)[C@H]1OC1C(=O)N[C@H](C(=O)N1CCC[C@H]1C(=O)OC(=O)C1=CN(C)C=CC1)[C@@H](C)CC. The maximum absolute atomic E-state index is 13.5. The molecule has 0 radical (unpaired) electrons. The first-order valence-corrected chi connectivity index (χ1v) is 12.6. The standard InChI is InChI=1S/C25H36N4O7/c1-5-11-26-21(30)19-20(35-19)22(31)27-18(15(3)6-2)23(32)29-13-8-10-17(29)25(34)36-24(33)16-9-7-12-28(4)14-16/h7,12,14-15,17-20H,5-6,8-11,13H2,1-4H3,(H,26,30)(H,27,31)/t15-,17-,18-,19-,20?/m0/s1. The molecule has 2 N–H and O–H groups in total. The quantitative estimate of drug-likeness (QED) is 0.251. The molecule has 5 atom stereocenters. The molecule has 3 heterocycles. The predicted octanol–water partition coefficient (Wildman–Crippen LogP) is 0.605. The molecule has 2 fully saturated rings. The number of nitrogens with zero attached hydrogens (tertiary/aromatic N) is 2. The lowest BCUT2D eigenvalue weighted by molar-refractivity contribution is -0.163. The van der Waals surface area contributed by atoms with Crippen molar-refractivity contribution in [3.8, 4) is 0 Å². The van der Waals surface area contributed by atoms with Gasteiger partial charge in [0.1, 0.15) is 12.1 Å². The monoisotopic (exact) mass is 504 g/mol. The number of hydrogen-bond donors (Lipinski definition) is 2. The lowest BCUT2D eigenvalue weighted by Gasteiger charge is -2.30. The number of likely N-dealkylation sites (tertiary alicyclic amines) is 1. The van der Waals surface area contributed by atoms with Crippen LogP contribution in [0.25, 0.3) is 0 Å². The first-order chi connectivity index (χ1) is 17.2. The van der Waals surface area contributed by atoms with Gasteiger partial charge in [0, 0.05) is 32.8 Å². The van der Waals surface area contributed by atoms with E-state index in [9.17, 15) is 24.0 Å². The summed E-state index contributed by atoms with van der Waals surface area (Å²) in [6.45, 7) is 6.44. The smallest absolute Gasteiger partial charge is 0.343 e. The molecule has 2 saturated heterocycles. The zero-order valence-corrected chi connectivity index (χ0v) is 21.3. The second-order valence-electron chi connectivity index (χ2n) is 9.45. The molecule has 0 aromatic rings.